The number of hydrogen-bond acceptors (Lipinski definition) is 2. The van der Waals surface area contributed by atoms with Crippen LogP contribution in [-0.4, -0.2) is 18.6 Å². The Labute approximate surface area is 117 Å². The monoisotopic (exact) mass is 265 g/mol. The lowest BCUT2D eigenvalue weighted by Crippen LogP contribution is -2.22. The quantitative estimate of drug-likeness (QED) is 0.618. The fourth-order valence-electron chi connectivity index (χ4n) is 2.19. The molecule has 0 aliphatic rings. The molecule has 1 atom stereocenters. The second-order valence-corrected chi connectivity index (χ2v) is 5.75. The molecule has 0 amide bonds. The summed E-state index contributed by atoms with van der Waals surface area (Å²) in [5.74, 6) is 1.30. The van der Waals surface area contributed by atoms with Crippen molar-refractivity contribution in [3.8, 4) is 0 Å². The van der Waals surface area contributed by atoms with Gasteiger partial charge in [-0.05, 0) is 43.4 Å². The summed E-state index contributed by atoms with van der Waals surface area (Å²) in [5, 5.41) is 3.71. The molecule has 0 radical (unpaired) electrons. The van der Waals surface area contributed by atoms with E-state index in [2.05, 4.69) is 48.8 Å². The molecule has 0 aromatic heterocycles. The normalized spacial score (nSPS) is 12.6. The van der Waals surface area contributed by atoms with E-state index in [0.29, 0.717) is 6.04 Å². The Morgan fingerprint density at radius 1 is 1.11 bits per heavy atom. The van der Waals surface area contributed by atoms with Gasteiger partial charge in [-0.15, -0.1) is 0 Å². The Hall–Kier alpha value is -0.470. The molecule has 0 aliphatic carbocycles. The molecule has 0 aliphatic heterocycles. The molecule has 0 saturated carbocycles. The van der Waals surface area contributed by atoms with Gasteiger partial charge in [0.15, 0.2) is 0 Å². The van der Waals surface area contributed by atoms with Crippen molar-refractivity contribution >= 4 is 11.8 Å². The Bertz CT molecular complexity index is 286. The van der Waals surface area contributed by atoms with Crippen LogP contribution < -0.4 is 5.32 Å². The summed E-state index contributed by atoms with van der Waals surface area (Å²) in [6, 6.07) is 11.4. The van der Waals surface area contributed by atoms with E-state index in [1.165, 1.54) is 43.4 Å². The van der Waals surface area contributed by atoms with Crippen LogP contribution >= 0.6 is 11.8 Å². The van der Waals surface area contributed by atoms with Gasteiger partial charge in [-0.2, -0.15) is 11.8 Å². The first-order valence-corrected chi connectivity index (χ1v) is 8.55. The second kappa shape index (κ2) is 10.5. The van der Waals surface area contributed by atoms with Crippen molar-refractivity contribution in [2.45, 2.75) is 45.1 Å². The zero-order chi connectivity index (χ0) is 13.1. The predicted octanol–water partition coefficient (Wildman–Crippen LogP) is 4.65. The van der Waals surface area contributed by atoms with E-state index in [0.717, 1.165) is 6.54 Å². The van der Waals surface area contributed by atoms with Crippen molar-refractivity contribution in [1.82, 2.24) is 5.32 Å². The van der Waals surface area contributed by atoms with Crippen LogP contribution in [-0.2, 0) is 0 Å². The van der Waals surface area contributed by atoms with Crippen LogP contribution in [0.25, 0.3) is 0 Å². The molecule has 0 saturated heterocycles. The summed E-state index contributed by atoms with van der Waals surface area (Å²) in [7, 11) is 0. The van der Waals surface area contributed by atoms with Crippen LogP contribution in [0.5, 0.6) is 0 Å². The standard InChI is InChI=1S/C16H27NS/c1-3-10-16(15-11-6-4-7-12-15)17-13-8-5-9-14-18-2/h4,6-7,11-12,16-17H,3,5,8-10,13-14H2,1-2H3. The Balaban J connectivity index is 2.26. The highest BCUT2D eigenvalue weighted by Gasteiger charge is 2.08. The van der Waals surface area contributed by atoms with E-state index in [-0.39, 0.29) is 0 Å². The minimum absolute atomic E-state index is 0.539. The third-order valence-corrected chi connectivity index (χ3v) is 3.89. The van der Waals surface area contributed by atoms with E-state index in [9.17, 15) is 0 Å². The number of rotatable bonds is 10. The van der Waals surface area contributed by atoms with Crippen LogP contribution in [0.3, 0.4) is 0 Å². The maximum absolute atomic E-state index is 3.71. The van der Waals surface area contributed by atoms with Gasteiger partial charge in [0, 0.05) is 6.04 Å². The highest BCUT2D eigenvalue weighted by molar-refractivity contribution is 7.98. The summed E-state index contributed by atoms with van der Waals surface area (Å²) < 4.78 is 0. The van der Waals surface area contributed by atoms with Gasteiger partial charge in [-0.1, -0.05) is 50.1 Å². The van der Waals surface area contributed by atoms with Gasteiger partial charge >= 0.3 is 0 Å². The molecule has 2 heteroatoms. The van der Waals surface area contributed by atoms with Crippen LogP contribution in [0.15, 0.2) is 30.3 Å². The lowest BCUT2D eigenvalue weighted by Gasteiger charge is -2.18. The molecule has 1 nitrogen and oxygen atoms in total. The number of nitrogens with one attached hydrogen (secondary N) is 1. The van der Waals surface area contributed by atoms with Crippen molar-refractivity contribution in [3.63, 3.8) is 0 Å². The van der Waals surface area contributed by atoms with Crippen molar-refractivity contribution in [1.29, 1.82) is 0 Å². The molecule has 0 spiro atoms. The van der Waals surface area contributed by atoms with Crippen LogP contribution in [0.4, 0.5) is 0 Å². The molecule has 1 aromatic carbocycles. The van der Waals surface area contributed by atoms with Crippen molar-refractivity contribution in [2.75, 3.05) is 18.6 Å². The smallest absolute Gasteiger partial charge is 0.0320 e. The molecule has 0 fully saturated rings. The van der Waals surface area contributed by atoms with Gasteiger partial charge in [0.2, 0.25) is 0 Å². The first-order valence-electron chi connectivity index (χ1n) is 7.15. The van der Waals surface area contributed by atoms with Gasteiger partial charge in [0.05, 0.1) is 0 Å². The third kappa shape index (κ3) is 6.46. The molecule has 0 heterocycles. The number of hydrogen-bond donors (Lipinski definition) is 1. The Morgan fingerprint density at radius 3 is 2.56 bits per heavy atom. The van der Waals surface area contributed by atoms with Crippen LogP contribution in [0.1, 0.15) is 50.6 Å². The first-order chi connectivity index (χ1) is 8.88. The van der Waals surface area contributed by atoms with Gasteiger partial charge in [-0.3, -0.25) is 0 Å². The molecule has 18 heavy (non-hydrogen) atoms. The average molecular weight is 265 g/mol. The molecular weight excluding hydrogens is 238 g/mol. The van der Waals surface area contributed by atoms with E-state index >= 15 is 0 Å². The van der Waals surface area contributed by atoms with E-state index in [1.54, 1.807) is 0 Å². The highest BCUT2D eigenvalue weighted by atomic mass is 32.2. The molecule has 1 unspecified atom stereocenters. The highest BCUT2D eigenvalue weighted by Crippen LogP contribution is 2.18. The molecule has 0 bridgehead atoms. The van der Waals surface area contributed by atoms with Gasteiger partial charge in [-0.25, -0.2) is 0 Å². The summed E-state index contributed by atoms with van der Waals surface area (Å²) in [4.78, 5) is 0. The largest absolute Gasteiger partial charge is 0.310 e. The summed E-state index contributed by atoms with van der Waals surface area (Å²) in [5.41, 5.74) is 1.43. The fourth-order valence-corrected chi connectivity index (χ4v) is 2.68. The SMILES string of the molecule is CCCC(NCCCCCSC)c1ccccc1. The average Bonchev–Trinajstić information content (AvgIpc) is 2.42. The van der Waals surface area contributed by atoms with Crippen LogP contribution in [0, 0.1) is 0 Å². The third-order valence-electron chi connectivity index (χ3n) is 3.20. The number of unbranched alkanes of at least 4 members (excludes halogenated alkanes) is 2. The van der Waals surface area contributed by atoms with Crippen molar-refractivity contribution in [2.24, 2.45) is 0 Å². The molecule has 1 rings (SSSR count). The number of benzene rings is 1. The summed E-state index contributed by atoms with van der Waals surface area (Å²) in [6.45, 7) is 3.41. The van der Waals surface area contributed by atoms with E-state index < -0.39 is 0 Å². The minimum Gasteiger partial charge on any atom is -0.310 e. The van der Waals surface area contributed by atoms with Gasteiger partial charge in [0.1, 0.15) is 0 Å². The maximum atomic E-state index is 3.71. The predicted molar refractivity (Wildman–Crippen MR) is 84.3 cm³/mol. The van der Waals surface area contributed by atoms with Gasteiger partial charge in [0.25, 0.3) is 0 Å². The number of thioether (sulfide) groups is 1. The van der Waals surface area contributed by atoms with Gasteiger partial charge < -0.3 is 5.32 Å². The lowest BCUT2D eigenvalue weighted by atomic mass is 10.0. The molecule has 1 aromatic rings. The molecular formula is C16H27NS. The zero-order valence-corrected chi connectivity index (χ0v) is 12.6. The van der Waals surface area contributed by atoms with E-state index in [4.69, 9.17) is 0 Å². The lowest BCUT2D eigenvalue weighted by molar-refractivity contribution is 0.481. The maximum Gasteiger partial charge on any atom is 0.0320 e. The molecule has 102 valence electrons. The topological polar surface area (TPSA) is 12.0 Å². The van der Waals surface area contributed by atoms with Crippen LogP contribution in [0.2, 0.25) is 0 Å². The Kier molecular flexibility index (Phi) is 9.05. The van der Waals surface area contributed by atoms with E-state index in [1.807, 2.05) is 11.8 Å². The first kappa shape index (κ1) is 15.6. The Morgan fingerprint density at radius 2 is 1.89 bits per heavy atom. The second-order valence-electron chi connectivity index (χ2n) is 4.76. The zero-order valence-electron chi connectivity index (χ0n) is 11.8. The molecule has 1 N–H and O–H groups in total. The van der Waals surface area contributed by atoms with Crippen molar-refractivity contribution in [3.05, 3.63) is 35.9 Å². The minimum atomic E-state index is 0.539. The summed E-state index contributed by atoms with van der Waals surface area (Å²) in [6.07, 6.45) is 8.65. The summed E-state index contributed by atoms with van der Waals surface area (Å²) >= 11 is 1.95. The van der Waals surface area contributed by atoms with Crippen molar-refractivity contribution < 1.29 is 0 Å². The fraction of sp³-hybridized carbons (Fsp3) is 0.625.